The maximum Gasteiger partial charge on any atom is 0.179 e. The number of ketones is 1. The molecule has 0 saturated heterocycles. The molecule has 1 aromatic rings. The Balaban J connectivity index is 2.79. The molecule has 0 aliphatic heterocycles. The van der Waals surface area contributed by atoms with Gasteiger partial charge in [-0.05, 0) is 38.1 Å². The van der Waals surface area contributed by atoms with Crippen LogP contribution in [0.2, 0.25) is 0 Å². The summed E-state index contributed by atoms with van der Waals surface area (Å²) in [5.74, 6) is -1.65. The molecule has 0 radical (unpaired) electrons. The van der Waals surface area contributed by atoms with Gasteiger partial charge in [0.2, 0.25) is 0 Å². The van der Waals surface area contributed by atoms with Crippen molar-refractivity contribution in [2.45, 2.75) is 32.7 Å². The molecule has 0 unspecified atom stereocenters. The Kier molecular flexibility index (Phi) is 5.41. The van der Waals surface area contributed by atoms with Crippen LogP contribution in [0.1, 0.15) is 37.0 Å². The Hall–Kier alpha value is -1.29. The number of benzene rings is 1. The zero-order chi connectivity index (χ0) is 13.7. The van der Waals surface area contributed by atoms with Crippen LogP contribution in [0, 0.1) is 11.6 Å². The predicted octanol–water partition coefficient (Wildman–Crippen LogP) is 3.27. The standard InChI is InChI=1S/C14H19F2NO/c1-4-11(5-2)17(3)9-14(18)12-8-10(15)6-7-13(12)16/h6-8,11H,4-5,9H2,1-3H3. The number of Topliss-reactive ketones (excluding diaryl/α,β-unsaturated/α-hetero) is 1. The lowest BCUT2D eigenvalue weighted by Crippen LogP contribution is -2.35. The van der Waals surface area contributed by atoms with E-state index in [9.17, 15) is 13.6 Å². The molecule has 1 aromatic carbocycles. The summed E-state index contributed by atoms with van der Waals surface area (Å²) in [6.45, 7) is 4.18. The topological polar surface area (TPSA) is 20.3 Å². The Morgan fingerprint density at radius 1 is 1.28 bits per heavy atom. The lowest BCUT2D eigenvalue weighted by atomic mass is 10.1. The highest BCUT2D eigenvalue weighted by atomic mass is 19.1. The molecule has 100 valence electrons. The fraction of sp³-hybridized carbons (Fsp3) is 0.500. The van der Waals surface area contributed by atoms with Crippen LogP contribution < -0.4 is 0 Å². The smallest absolute Gasteiger partial charge is 0.179 e. The molecule has 18 heavy (non-hydrogen) atoms. The molecule has 0 atom stereocenters. The number of halogens is 2. The largest absolute Gasteiger partial charge is 0.296 e. The van der Waals surface area contributed by atoms with Gasteiger partial charge in [-0.3, -0.25) is 9.69 Å². The van der Waals surface area contributed by atoms with Crippen molar-refractivity contribution in [2.75, 3.05) is 13.6 Å². The van der Waals surface area contributed by atoms with E-state index < -0.39 is 11.6 Å². The minimum Gasteiger partial charge on any atom is -0.296 e. The normalized spacial score (nSPS) is 11.3. The van der Waals surface area contributed by atoms with Gasteiger partial charge >= 0.3 is 0 Å². The van der Waals surface area contributed by atoms with Gasteiger partial charge in [-0.15, -0.1) is 0 Å². The van der Waals surface area contributed by atoms with Crippen LogP contribution in [-0.4, -0.2) is 30.3 Å². The summed E-state index contributed by atoms with van der Waals surface area (Å²) in [5, 5.41) is 0. The maximum atomic E-state index is 13.4. The van der Waals surface area contributed by atoms with Gasteiger partial charge in [0.1, 0.15) is 11.6 Å². The zero-order valence-corrected chi connectivity index (χ0v) is 11.0. The number of carbonyl (C=O) groups is 1. The minimum absolute atomic E-state index is 0.104. The number of rotatable bonds is 6. The van der Waals surface area contributed by atoms with Crippen LogP contribution in [0.15, 0.2) is 18.2 Å². The van der Waals surface area contributed by atoms with E-state index in [0.717, 1.165) is 31.0 Å². The molecule has 2 nitrogen and oxygen atoms in total. The first-order valence-corrected chi connectivity index (χ1v) is 6.18. The second-order valence-electron chi connectivity index (χ2n) is 4.43. The highest BCUT2D eigenvalue weighted by Crippen LogP contribution is 2.13. The second kappa shape index (κ2) is 6.59. The fourth-order valence-electron chi connectivity index (χ4n) is 2.06. The molecule has 0 amide bonds. The van der Waals surface area contributed by atoms with Gasteiger partial charge < -0.3 is 0 Å². The third kappa shape index (κ3) is 3.60. The van der Waals surface area contributed by atoms with E-state index in [-0.39, 0.29) is 23.9 Å². The third-order valence-corrected chi connectivity index (χ3v) is 3.19. The van der Waals surface area contributed by atoms with Gasteiger partial charge in [0.15, 0.2) is 5.78 Å². The van der Waals surface area contributed by atoms with Crippen LogP contribution in [0.5, 0.6) is 0 Å². The highest BCUT2D eigenvalue weighted by Gasteiger charge is 2.18. The Morgan fingerprint density at radius 3 is 2.44 bits per heavy atom. The number of nitrogens with zero attached hydrogens (tertiary/aromatic N) is 1. The van der Waals surface area contributed by atoms with Crippen LogP contribution in [-0.2, 0) is 0 Å². The van der Waals surface area contributed by atoms with Gasteiger partial charge in [-0.1, -0.05) is 13.8 Å². The van der Waals surface area contributed by atoms with Crippen LogP contribution in [0.3, 0.4) is 0 Å². The van der Waals surface area contributed by atoms with E-state index in [1.807, 2.05) is 25.8 Å². The average molecular weight is 255 g/mol. The molecule has 0 aromatic heterocycles. The summed E-state index contributed by atoms with van der Waals surface area (Å²) < 4.78 is 26.4. The number of hydrogen-bond donors (Lipinski definition) is 0. The molecule has 0 bridgehead atoms. The quantitative estimate of drug-likeness (QED) is 0.727. The van der Waals surface area contributed by atoms with E-state index in [4.69, 9.17) is 0 Å². The third-order valence-electron chi connectivity index (χ3n) is 3.19. The lowest BCUT2D eigenvalue weighted by Gasteiger charge is -2.25. The van der Waals surface area contributed by atoms with Gasteiger partial charge in [-0.2, -0.15) is 0 Å². The van der Waals surface area contributed by atoms with Crippen LogP contribution in [0.4, 0.5) is 8.78 Å². The molecular formula is C14H19F2NO. The Labute approximate surface area is 107 Å². The van der Waals surface area contributed by atoms with Crippen LogP contribution in [0.25, 0.3) is 0 Å². The van der Waals surface area contributed by atoms with Gasteiger partial charge in [0, 0.05) is 6.04 Å². The molecule has 0 fully saturated rings. The summed E-state index contributed by atoms with van der Waals surface area (Å²) in [6.07, 6.45) is 1.85. The molecule has 0 aliphatic carbocycles. The molecule has 0 spiro atoms. The summed E-state index contributed by atoms with van der Waals surface area (Å²) >= 11 is 0. The van der Waals surface area contributed by atoms with Crippen molar-refractivity contribution in [3.05, 3.63) is 35.4 Å². The minimum atomic E-state index is -0.667. The van der Waals surface area contributed by atoms with Crippen molar-refractivity contribution in [1.29, 1.82) is 0 Å². The van der Waals surface area contributed by atoms with Crippen molar-refractivity contribution in [1.82, 2.24) is 4.90 Å². The number of likely N-dealkylation sites (N-methyl/N-ethyl adjacent to an activating group) is 1. The molecule has 0 N–H and O–H groups in total. The van der Waals surface area contributed by atoms with Gasteiger partial charge in [0.05, 0.1) is 12.1 Å². The maximum absolute atomic E-state index is 13.4. The molecule has 4 heteroatoms. The van der Waals surface area contributed by atoms with E-state index >= 15 is 0 Å². The monoisotopic (exact) mass is 255 g/mol. The zero-order valence-electron chi connectivity index (χ0n) is 11.0. The van der Waals surface area contributed by atoms with E-state index in [0.29, 0.717) is 0 Å². The van der Waals surface area contributed by atoms with Crippen molar-refractivity contribution >= 4 is 5.78 Å². The molecular weight excluding hydrogens is 236 g/mol. The van der Waals surface area contributed by atoms with Crippen molar-refractivity contribution in [2.24, 2.45) is 0 Å². The molecule has 0 saturated carbocycles. The van der Waals surface area contributed by atoms with E-state index in [1.165, 1.54) is 0 Å². The fourth-order valence-corrected chi connectivity index (χ4v) is 2.06. The van der Waals surface area contributed by atoms with Gasteiger partial charge in [-0.25, -0.2) is 8.78 Å². The number of hydrogen-bond acceptors (Lipinski definition) is 2. The summed E-state index contributed by atoms with van der Waals surface area (Å²) in [7, 11) is 1.83. The Morgan fingerprint density at radius 2 is 1.89 bits per heavy atom. The Bertz CT molecular complexity index is 416. The lowest BCUT2D eigenvalue weighted by molar-refractivity contribution is 0.0911. The number of carbonyl (C=O) groups excluding carboxylic acids is 1. The van der Waals surface area contributed by atoms with Crippen molar-refractivity contribution in [3.63, 3.8) is 0 Å². The second-order valence-corrected chi connectivity index (χ2v) is 4.43. The first-order chi connectivity index (χ1) is 8.49. The van der Waals surface area contributed by atoms with Crippen LogP contribution >= 0.6 is 0 Å². The first kappa shape index (κ1) is 14.8. The van der Waals surface area contributed by atoms with Crippen molar-refractivity contribution in [3.8, 4) is 0 Å². The van der Waals surface area contributed by atoms with Gasteiger partial charge in [0.25, 0.3) is 0 Å². The summed E-state index contributed by atoms with van der Waals surface area (Å²) in [6, 6.07) is 3.24. The molecule has 0 heterocycles. The van der Waals surface area contributed by atoms with E-state index in [1.54, 1.807) is 0 Å². The van der Waals surface area contributed by atoms with E-state index in [2.05, 4.69) is 0 Å². The summed E-state index contributed by atoms with van der Waals surface area (Å²) in [4.78, 5) is 13.8. The van der Waals surface area contributed by atoms with Crippen molar-refractivity contribution < 1.29 is 13.6 Å². The SMILES string of the molecule is CCC(CC)N(C)CC(=O)c1cc(F)ccc1F. The first-order valence-electron chi connectivity index (χ1n) is 6.18. The highest BCUT2D eigenvalue weighted by molar-refractivity contribution is 5.97. The average Bonchev–Trinajstić information content (AvgIpc) is 2.33. The molecule has 1 rings (SSSR count). The molecule has 0 aliphatic rings. The predicted molar refractivity (Wildman–Crippen MR) is 67.7 cm³/mol. The summed E-state index contributed by atoms with van der Waals surface area (Å²) in [5.41, 5.74) is -0.173.